The number of aromatic nitrogens is 1. The summed E-state index contributed by atoms with van der Waals surface area (Å²) in [6.45, 7) is 0. The Morgan fingerprint density at radius 3 is 2.71 bits per heavy atom. The zero-order chi connectivity index (χ0) is 10.6. The number of allylic oxidation sites excluding steroid dienone is 1. The molecule has 0 fully saturated rings. The predicted octanol–water partition coefficient (Wildman–Crippen LogP) is 3.50. The van der Waals surface area contributed by atoms with Crippen molar-refractivity contribution in [3.63, 3.8) is 0 Å². The maximum absolute atomic E-state index is 12.1. The minimum absolute atomic E-state index is 0.374. The van der Waals surface area contributed by atoms with Gasteiger partial charge in [0.1, 0.15) is 5.01 Å². The summed E-state index contributed by atoms with van der Waals surface area (Å²) in [7, 11) is 0. The van der Waals surface area contributed by atoms with Crippen LogP contribution in [0.5, 0.6) is 0 Å². The maximum Gasteiger partial charge on any atom is 0.434 e. The SMILES string of the molecule is FC(F)(F)c1csc(C=CCCS)n1. The maximum atomic E-state index is 12.1. The standard InChI is InChI=1S/C8H8F3NS2/c9-8(10,11)6-5-14-7(12-6)3-1-2-4-13/h1,3,5,13H,2,4H2. The van der Waals surface area contributed by atoms with Crippen LogP contribution in [0.4, 0.5) is 13.2 Å². The van der Waals surface area contributed by atoms with Gasteiger partial charge in [0.2, 0.25) is 0 Å². The van der Waals surface area contributed by atoms with Crippen molar-refractivity contribution in [2.45, 2.75) is 12.6 Å². The van der Waals surface area contributed by atoms with Crippen LogP contribution in [-0.4, -0.2) is 10.7 Å². The van der Waals surface area contributed by atoms with Gasteiger partial charge in [0, 0.05) is 5.38 Å². The quantitative estimate of drug-likeness (QED) is 0.797. The van der Waals surface area contributed by atoms with Gasteiger partial charge in [0.25, 0.3) is 0 Å². The fourth-order valence-electron chi connectivity index (χ4n) is 0.753. The summed E-state index contributed by atoms with van der Waals surface area (Å²) in [6, 6.07) is 0. The molecule has 1 rings (SSSR count). The van der Waals surface area contributed by atoms with E-state index in [2.05, 4.69) is 17.6 Å². The highest BCUT2D eigenvalue weighted by Crippen LogP contribution is 2.30. The van der Waals surface area contributed by atoms with Gasteiger partial charge in [-0.05, 0) is 18.2 Å². The first-order valence-corrected chi connectivity index (χ1v) is 5.35. The molecule has 1 nitrogen and oxygen atoms in total. The second kappa shape index (κ2) is 4.84. The third-order valence-corrected chi connectivity index (χ3v) is 2.44. The molecule has 0 aliphatic carbocycles. The summed E-state index contributed by atoms with van der Waals surface area (Å²) < 4.78 is 36.3. The number of thiazole rings is 1. The van der Waals surface area contributed by atoms with Gasteiger partial charge in [-0.25, -0.2) is 4.98 Å². The molecule has 0 N–H and O–H groups in total. The lowest BCUT2D eigenvalue weighted by Gasteiger charge is -1.99. The molecule has 0 bridgehead atoms. The van der Waals surface area contributed by atoms with E-state index in [1.165, 1.54) is 0 Å². The van der Waals surface area contributed by atoms with Gasteiger partial charge in [-0.3, -0.25) is 0 Å². The normalized spacial score (nSPS) is 12.6. The number of halogens is 3. The molecule has 1 aromatic rings. The van der Waals surface area contributed by atoms with Crippen LogP contribution in [0.15, 0.2) is 11.5 Å². The average molecular weight is 239 g/mol. The Hall–Kier alpha value is -0.490. The molecule has 0 aromatic carbocycles. The lowest BCUT2D eigenvalue weighted by atomic mass is 10.4. The van der Waals surface area contributed by atoms with E-state index in [4.69, 9.17) is 0 Å². The number of rotatable bonds is 3. The van der Waals surface area contributed by atoms with Crippen LogP contribution in [0.25, 0.3) is 6.08 Å². The summed E-state index contributed by atoms with van der Waals surface area (Å²) in [6.07, 6.45) is -0.279. The van der Waals surface area contributed by atoms with E-state index in [0.29, 0.717) is 10.8 Å². The van der Waals surface area contributed by atoms with Crippen LogP contribution in [0.3, 0.4) is 0 Å². The van der Waals surface area contributed by atoms with Crippen molar-refractivity contribution < 1.29 is 13.2 Å². The van der Waals surface area contributed by atoms with Crippen LogP contribution >= 0.6 is 24.0 Å². The van der Waals surface area contributed by atoms with E-state index in [1.807, 2.05) is 0 Å². The lowest BCUT2D eigenvalue weighted by molar-refractivity contribution is -0.140. The third-order valence-electron chi connectivity index (χ3n) is 1.37. The number of nitrogens with zero attached hydrogens (tertiary/aromatic N) is 1. The monoisotopic (exact) mass is 239 g/mol. The highest BCUT2D eigenvalue weighted by atomic mass is 32.1. The Balaban J connectivity index is 2.69. The fraction of sp³-hybridized carbons (Fsp3) is 0.375. The summed E-state index contributed by atoms with van der Waals surface area (Å²) >= 11 is 4.95. The van der Waals surface area contributed by atoms with Gasteiger partial charge < -0.3 is 0 Å². The van der Waals surface area contributed by atoms with Crippen LogP contribution in [-0.2, 0) is 6.18 Å². The first-order chi connectivity index (χ1) is 6.54. The zero-order valence-corrected chi connectivity index (χ0v) is 8.79. The van der Waals surface area contributed by atoms with E-state index >= 15 is 0 Å². The predicted molar refractivity (Wildman–Crippen MR) is 54.6 cm³/mol. The molecule has 0 unspecified atom stereocenters. The van der Waals surface area contributed by atoms with Crippen LogP contribution < -0.4 is 0 Å². The highest BCUT2D eigenvalue weighted by Gasteiger charge is 2.33. The lowest BCUT2D eigenvalue weighted by Crippen LogP contribution is -2.04. The van der Waals surface area contributed by atoms with Crippen LogP contribution in [0, 0.1) is 0 Å². The number of thiol groups is 1. The number of hydrogen-bond donors (Lipinski definition) is 1. The summed E-state index contributed by atoms with van der Waals surface area (Å²) in [4.78, 5) is 3.44. The van der Waals surface area contributed by atoms with Crippen molar-refractivity contribution in [1.29, 1.82) is 0 Å². The van der Waals surface area contributed by atoms with Gasteiger partial charge in [-0.15, -0.1) is 11.3 Å². The number of alkyl halides is 3. The van der Waals surface area contributed by atoms with Crippen molar-refractivity contribution in [2.24, 2.45) is 0 Å². The molecule has 1 heterocycles. The van der Waals surface area contributed by atoms with E-state index in [-0.39, 0.29) is 0 Å². The average Bonchev–Trinajstić information content (AvgIpc) is 2.52. The van der Waals surface area contributed by atoms with Crippen LogP contribution in [0.2, 0.25) is 0 Å². The second-order valence-corrected chi connectivity index (χ2v) is 3.82. The molecule has 0 saturated heterocycles. The van der Waals surface area contributed by atoms with Gasteiger partial charge in [-0.1, -0.05) is 6.08 Å². The smallest absolute Gasteiger partial charge is 0.232 e. The number of hydrogen-bond acceptors (Lipinski definition) is 3. The van der Waals surface area contributed by atoms with Gasteiger partial charge >= 0.3 is 6.18 Å². The van der Waals surface area contributed by atoms with E-state index in [9.17, 15) is 13.2 Å². The van der Waals surface area contributed by atoms with E-state index < -0.39 is 11.9 Å². The van der Waals surface area contributed by atoms with E-state index in [1.54, 1.807) is 12.2 Å². The molecule has 14 heavy (non-hydrogen) atoms. The van der Waals surface area contributed by atoms with E-state index in [0.717, 1.165) is 23.1 Å². The van der Waals surface area contributed by atoms with Crippen molar-refractivity contribution >= 4 is 30.0 Å². The molecular weight excluding hydrogens is 231 g/mol. The topological polar surface area (TPSA) is 12.9 Å². The van der Waals surface area contributed by atoms with Crippen molar-refractivity contribution in [3.05, 3.63) is 22.2 Å². The largest absolute Gasteiger partial charge is 0.434 e. The minimum Gasteiger partial charge on any atom is -0.232 e. The Kier molecular flexibility index (Phi) is 4.00. The summed E-state index contributed by atoms with van der Waals surface area (Å²) in [5.74, 6) is 0.675. The summed E-state index contributed by atoms with van der Waals surface area (Å²) in [5, 5.41) is 1.39. The van der Waals surface area contributed by atoms with Crippen molar-refractivity contribution in [2.75, 3.05) is 5.75 Å². The van der Waals surface area contributed by atoms with Gasteiger partial charge in [0.15, 0.2) is 5.69 Å². The first kappa shape index (κ1) is 11.6. The molecular formula is C8H8F3NS2. The zero-order valence-electron chi connectivity index (χ0n) is 7.08. The molecule has 0 atom stereocenters. The Morgan fingerprint density at radius 1 is 1.50 bits per heavy atom. The molecule has 0 radical (unpaired) electrons. The second-order valence-electron chi connectivity index (χ2n) is 2.48. The molecule has 0 saturated carbocycles. The first-order valence-electron chi connectivity index (χ1n) is 3.84. The van der Waals surface area contributed by atoms with Gasteiger partial charge in [0.05, 0.1) is 0 Å². The highest BCUT2D eigenvalue weighted by molar-refractivity contribution is 7.80. The third kappa shape index (κ3) is 3.34. The molecule has 0 spiro atoms. The molecule has 1 aromatic heterocycles. The molecule has 6 heteroatoms. The Bertz CT molecular complexity index is 317. The van der Waals surface area contributed by atoms with Crippen molar-refractivity contribution in [1.82, 2.24) is 4.98 Å². The fourth-order valence-corrected chi connectivity index (χ4v) is 1.65. The minimum atomic E-state index is -4.34. The molecule has 0 aliphatic rings. The molecule has 0 amide bonds. The van der Waals surface area contributed by atoms with Gasteiger partial charge in [-0.2, -0.15) is 25.8 Å². The Morgan fingerprint density at radius 2 is 2.21 bits per heavy atom. The van der Waals surface area contributed by atoms with Crippen molar-refractivity contribution in [3.8, 4) is 0 Å². The molecule has 0 aliphatic heterocycles. The summed E-state index contributed by atoms with van der Waals surface area (Å²) in [5.41, 5.74) is -0.826. The molecule has 78 valence electrons. The van der Waals surface area contributed by atoms with Crippen LogP contribution in [0.1, 0.15) is 17.1 Å². The Labute approximate surface area is 89.1 Å².